The number of hydrogen-bond acceptors (Lipinski definition) is 16. The van der Waals surface area contributed by atoms with Gasteiger partial charge in [0.25, 0.3) is 0 Å². The van der Waals surface area contributed by atoms with Crippen molar-refractivity contribution in [1.29, 1.82) is 0 Å². The van der Waals surface area contributed by atoms with Crippen LogP contribution in [-0.4, -0.2) is 102 Å². The van der Waals surface area contributed by atoms with Crippen LogP contribution in [0.2, 0.25) is 0 Å². The highest BCUT2D eigenvalue weighted by molar-refractivity contribution is 5.96. The lowest BCUT2D eigenvalue weighted by molar-refractivity contribution is 0.586. The van der Waals surface area contributed by atoms with E-state index in [1.807, 2.05) is 67.3 Å². The van der Waals surface area contributed by atoms with Crippen LogP contribution in [0.1, 0.15) is 48.6 Å². The van der Waals surface area contributed by atoms with Gasteiger partial charge in [0, 0.05) is 129 Å². The number of hydrogen-bond donors (Lipinski definition) is 3. The van der Waals surface area contributed by atoms with E-state index in [1.165, 1.54) is 24.0 Å². The summed E-state index contributed by atoms with van der Waals surface area (Å²) in [6, 6.07) is 13.6. The summed E-state index contributed by atoms with van der Waals surface area (Å²) in [6.45, 7) is 7.01. The summed E-state index contributed by atoms with van der Waals surface area (Å²) in [5.41, 5.74) is 9.17. The molecular formula is C48H46N16. The van der Waals surface area contributed by atoms with E-state index in [1.54, 1.807) is 36.0 Å². The summed E-state index contributed by atoms with van der Waals surface area (Å²) in [7, 11) is 0. The first-order chi connectivity index (χ1) is 31.6. The molecule has 0 radical (unpaired) electrons. The number of fused-ring (bicyclic) bond motifs is 2. The van der Waals surface area contributed by atoms with Gasteiger partial charge in [-0.3, -0.25) is 29.9 Å². The SMILES string of the molecule is NN(c1cc(-c2nc(N3CCNCC3)c3c(C4CC4)cncc3n2)ccn1)c1c(-c2cc(-c3nc(N4CCNCC4)c4c(C5CC5)cncc4n3)ccn2)ccnc1-c1cccnc1. The molecule has 0 atom stereocenters. The van der Waals surface area contributed by atoms with Gasteiger partial charge in [-0.15, -0.1) is 0 Å². The maximum atomic E-state index is 7.27. The van der Waals surface area contributed by atoms with Gasteiger partial charge in [0.15, 0.2) is 11.6 Å². The number of rotatable bonds is 10. The molecule has 0 bridgehead atoms. The number of nitrogens with zero attached hydrogens (tertiary/aromatic N) is 13. The van der Waals surface area contributed by atoms with Crippen LogP contribution in [0.4, 0.5) is 23.1 Å². The van der Waals surface area contributed by atoms with Crippen LogP contribution in [0.3, 0.4) is 0 Å². The van der Waals surface area contributed by atoms with E-state index in [0.717, 1.165) is 121 Å². The highest BCUT2D eigenvalue weighted by atomic mass is 15.4. The van der Waals surface area contributed by atoms with E-state index in [-0.39, 0.29) is 0 Å². The first kappa shape index (κ1) is 38.5. The molecule has 16 heteroatoms. The van der Waals surface area contributed by atoms with Crippen molar-refractivity contribution in [3.63, 3.8) is 0 Å². The third-order valence-electron chi connectivity index (χ3n) is 12.7. The minimum atomic E-state index is 0.475. The minimum Gasteiger partial charge on any atom is -0.353 e. The maximum absolute atomic E-state index is 7.27. The monoisotopic (exact) mass is 846 g/mol. The number of hydrazine groups is 1. The molecule has 4 aliphatic rings. The summed E-state index contributed by atoms with van der Waals surface area (Å²) in [5.74, 6) is 11.8. The van der Waals surface area contributed by atoms with E-state index in [0.29, 0.717) is 46.4 Å². The molecule has 16 nitrogen and oxygen atoms in total. The van der Waals surface area contributed by atoms with Crippen molar-refractivity contribution in [1.82, 2.24) is 60.5 Å². The van der Waals surface area contributed by atoms with Crippen LogP contribution >= 0.6 is 0 Å². The Labute approximate surface area is 369 Å². The molecule has 2 aliphatic heterocycles. The number of nitrogens with two attached hydrogens (primary N) is 1. The van der Waals surface area contributed by atoms with E-state index in [2.05, 4.69) is 35.4 Å². The second-order valence-corrected chi connectivity index (χ2v) is 17.0. The third-order valence-corrected chi connectivity index (χ3v) is 12.7. The first-order valence-electron chi connectivity index (χ1n) is 22.2. The number of anilines is 4. The van der Waals surface area contributed by atoms with E-state index >= 15 is 0 Å². The van der Waals surface area contributed by atoms with Gasteiger partial charge in [0.05, 0.1) is 40.5 Å². The molecule has 0 spiro atoms. The average molecular weight is 847 g/mol. The van der Waals surface area contributed by atoms with E-state index in [4.69, 9.17) is 40.7 Å². The zero-order valence-corrected chi connectivity index (χ0v) is 35.3. The smallest absolute Gasteiger partial charge is 0.162 e. The van der Waals surface area contributed by atoms with Crippen molar-refractivity contribution in [2.75, 3.05) is 67.2 Å². The molecule has 0 aromatic carbocycles. The Hall–Kier alpha value is -7.14. The highest BCUT2D eigenvalue weighted by Gasteiger charge is 2.31. The van der Waals surface area contributed by atoms with Gasteiger partial charge in [-0.25, -0.2) is 30.8 Å². The second kappa shape index (κ2) is 16.2. The summed E-state index contributed by atoms with van der Waals surface area (Å²) in [6.07, 6.45) is 21.2. The van der Waals surface area contributed by atoms with Gasteiger partial charge in [-0.1, -0.05) is 0 Å². The molecule has 64 heavy (non-hydrogen) atoms. The van der Waals surface area contributed by atoms with Crippen LogP contribution in [0.25, 0.3) is 67.1 Å². The van der Waals surface area contributed by atoms with Crippen molar-refractivity contribution < 1.29 is 0 Å². The zero-order valence-electron chi connectivity index (χ0n) is 35.3. The van der Waals surface area contributed by atoms with Crippen LogP contribution in [0.5, 0.6) is 0 Å². The fraction of sp³-hybridized carbons (Fsp3) is 0.292. The number of aromatic nitrogens is 10. The normalized spacial score (nSPS) is 16.7. The second-order valence-electron chi connectivity index (χ2n) is 17.0. The zero-order chi connectivity index (χ0) is 42.6. The maximum Gasteiger partial charge on any atom is 0.162 e. The third kappa shape index (κ3) is 7.18. The summed E-state index contributed by atoms with van der Waals surface area (Å²) in [4.78, 5) is 54.0. The molecule has 4 fully saturated rings. The van der Waals surface area contributed by atoms with Crippen LogP contribution in [-0.2, 0) is 0 Å². The van der Waals surface area contributed by atoms with E-state index < -0.39 is 0 Å². The van der Waals surface area contributed by atoms with Gasteiger partial charge >= 0.3 is 0 Å². The molecule has 2 aliphatic carbocycles. The van der Waals surface area contributed by atoms with Crippen molar-refractivity contribution in [2.24, 2.45) is 5.84 Å². The lowest BCUT2D eigenvalue weighted by Crippen LogP contribution is -2.44. The Morgan fingerprint density at radius 3 is 1.72 bits per heavy atom. The number of piperazine rings is 2. The van der Waals surface area contributed by atoms with Crippen LogP contribution in [0, 0.1) is 0 Å². The minimum absolute atomic E-state index is 0.475. The van der Waals surface area contributed by atoms with Gasteiger partial charge in [-0.05, 0) is 91.1 Å². The van der Waals surface area contributed by atoms with Crippen molar-refractivity contribution in [3.05, 3.63) is 109 Å². The van der Waals surface area contributed by atoms with Gasteiger partial charge in [-0.2, -0.15) is 0 Å². The molecular weight excluding hydrogens is 801 g/mol. The van der Waals surface area contributed by atoms with Crippen LogP contribution in [0.15, 0.2) is 98.2 Å². The standard InChI is InChI=1S/C48H46N16/c49-64(40-23-32(8-12-56-40)46-59-39-28-54-26-36(30-5-6-30)42(39)48(61-46)63-20-16-51-17-21-63)44-34(9-13-57-43(44)33-2-1-10-52-24-33)37-22-31(7-11-55-37)45-58-38-27-53-25-35(29-3-4-29)41(38)47(60-45)62-18-14-50-15-19-62/h1-2,7-13,22-30,50-51H,3-6,14-21,49H2. The van der Waals surface area contributed by atoms with Crippen molar-refractivity contribution in [3.8, 4) is 45.3 Å². The Balaban J connectivity index is 0.967. The molecule has 4 N–H and O–H groups in total. The lowest BCUT2D eigenvalue weighted by atomic mass is 10.0. The Morgan fingerprint density at radius 1 is 0.562 bits per heavy atom. The largest absolute Gasteiger partial charge is 0.353 e. The molecule has 10 heterocycles. The molecule has 0 unspecified atom stereocenters. The molecule has 8 aromatic rings. The highest BCUT2D eigenvalue weighted by Crippen LogP contribution is 2.47. The van der Waals surface area contributed by atoms with Crippen LogP contribution < -0.4 is 31.3 Å². The quantitative estimate of drug-likeness (QED) is 0.104. The average Bonchev–Trinajstić information content (AvgIpc) is 4.32. The first-order valence-corrected chi connectivity index (χ1v) is 22.2. The van der Waals surface area contributed by atoms with Gasteiger partial charge in [0.1, 0.15) is 17.5 Å². The Morgan fingerprint density at radius 2 is 1.14 bits per heavy atom. The Kier molecular flexibility index (Phi) is 9.75. The van der Waals surface area contributed by atoms with Crippen molar-refractivity contribution in [2.45, 2.75) is 37.5 Å². The molecule has 2 saturated heterocycles. The molecule has 318 valence electrons. The lowest BCUT2D eigenvalue weighted by Gasteiger charge is -2.30. The molecule has 12 rings (SSSR count). The van der Waals surface area contributed by atoms with E-state index in [9.17, 15) is 0 Å². The predicted octanol–water partition coefficient (Wildman–Crippen LogP) is 6.20. The fourth-order valence-corrected chi connectivity index (χ4v) is 9.19. The van der Waals surface area contributed by atoms with Gasteiger partial charge in [0.2, 0.25) is 0 Å². The Bertz CT molecular complexity index is 3030. The van der Waals surface area contributed by atoms with Gasteiger partial charge < -0.3 is 20.4 Å². The number of pyridine rings is 6. The number of nitrogens with one attached hydrogen (secondary N) is 2. The fourth-order valence-electron chi connectivity index (χ4n) is 9.19. The summed E-state index contributed by atoms with van der Waals surface area (Å²) >= 11 is 0. The summed E-state index contributed by atoms with van der Waals surface area (Å²) < 4.78 is 0. The topological polar surface area (TPSA) is 189 Å². The molecule has 2 saturated carbocycles. The summed E-state index contributed by atoms with van der Waals surface area (Å²) in [5, 5.41) is 10.8. The van der Waals surface area contributed by atoms with Crippen molar-refractivity contribution >= 4 is 44.9 Å². The molecule has 0 amide bonds. The molecule has 8 aromatic heterocycles. The predicted molar refractivity (Wildman–Crippen MR) is 248 cm³/mol.